The van der Waals surface area contributed by atoms with E-state index in [-0.39, 0.29) is 5.69 Å². The van der Waals surface area contributed by atoms with Gasteiger partial charge in [0.1, 0.15) is 5.82 Å². The highest BCUT2D eigenvalue weighted by atomic mass is 19.1. The van der Waals surface area contributed by atoms with Crippen LogP contribution in [0.25, 0.3) is 10.4 Å². The van der Waals surface area contributed by atoms with Gasteiger partial charge in [-0.2, -0.15) is 0 Å². The third-order valence-corrected chi connectivity index (χ3v) is 1.12. The Balaban J connectivity index is 3.22. The molecule has 0 fully saturated rings. The van der Waals surface area contributed by atoms with Crippen molar-refractivity contribution in [2.24, 2.45) is 5.11 Å². The number of anilines is 1. The summed E-state index contributed by atoms with van der Waals surface area (Å²) < 4.78 is 12.6. The van der Waals surface area contributed by atoms with Crippen LogP contribution in [0.15, 0.2) is 23.3 Å². The highest BCUT2D eigenvalue weighted by Gasteiger charge is 1.97. The van der Waals surface area contributed by atoms with Crippen molar-refractivity contribution >= 4 is 11.4 Å². The largest absolute Gasteiger partial charge is 0.399 e. The van der Waals surface area contributed by atoms with Gasteiger partial charge in [0.15, 0.2) is 0 Å². The molecule has 0 spiro atoms. The number of nitrogens with zero attached hydrogens (tertiary/aromatic N) is 3. The number of benzene rings is 1. The topological polar surface area (TPSA) is 74.8 Å². The smallest absolute Gasteiger partial charge is 0.132 e. The summed E-state index contributed by atoms with van der Waals surface area (Å²) in [4.78, 5) is 2.44. The fourth-order valence-electron chi connectivity index (χ4n) is 0.655. The van der Waals surface area contributed by atoms with Crippen LogP contribution in [-0.4, -0.2) is 0 Å². The molecule has 0 amide bonds. The Kier molecular flexibility index (Phi) is 1.94. The average Bonchev–Trinajstić information content (AvgIpc) is 1.98. The van der Waals surface area contributed by atoms with Crippen LogP contribution in [-0.2, 0) is 0 Å². The van der Waals surface area contributed by atoms with Gasteiger partial charge in [0.2, 0.25) is 0 Å². The molecule has 0 radical (unpaired) electrons. The summed E-state index contributed by atoms with van der Waals surface area (Å²) in [6, 6.07) is 3.82. The lowest BCUT2D eigenvalue weighted by Crippen LogP contribution is -1.84. The molecule has 1 rings (SSSR count). The summed E-state index contributed by atoms with van der Waals surface area (Å²) >= 11 is 0. The summed E-state index contributed by atoms with van der Waals surface area (Å²) in [5.74, 6) is -0.572. The zero-order chi connectivity index (χ0) is 8.27. The molecule has 0 unspecified atom stereocenters. The van der Waals surface area contributed by atoms with Gasteiger partial charge in [-0.1, -0.05) is 5.11 Å². The third kappa shape index (κ3) is 1.59. The number of nitrogens with two attached hydrogens (primary N) is 1. The van der Waals surface area contributed by atoms with Crippen molar-refractivity contribution in [1.29, 1.82) is 0 Å². The standard InChI is InChI=1S/C6H5FN4/c7-5-2-1-4(8)3-6(5)10-11-9/h1-3H,8H2. The van der Waals surface area contributed by atoms with Gasteiger partial charge in [-0.15, -0.1) is 0 Å². The number of azide groups is 1. The number of nitrogen functional groups attached to an aromatic ring is 1. The molecule has 5 heteroatoms. The molecule has 0 aliphatic carbocycles. The van der Waals surface area contributed by atoms with Crippen molar-refractivity contribution in [3.63, 3.8) is 0 Å². The molecule has 0 aromatic heterocycles. The average molecular weight is 152 g/mol. The van der Waals surface area contributed by atoms with Gasteiger partial charge in [-0.05, 0) is 23.7 Å². The molecular weight excluding hydrogens is 147 g/mol. The predicted molar refractivity (Wildman–Crippen MR) is 39.6 cm³/mol. The maximum Gasteiger partial charge on any atom is 0.132 e. The minimum absolute atomic E-state index is 0.0764. The van der Waals surface area contributed by atoms with E-state index in [9.17, 15) is 4.39 Å². The van der Waals surface area contributed by atoms with E-state index >= 15 is 0 Å². The summed E-state index contributed by atoms with van der Waals surface area (Å²) in [5, 5.41) is 3.09. The SMILES string of the molecule is [N-]=[N+]=Nc1cc(N)ccc1F. The van der Waals surface area contributed by atoms with E-state index in [1.165, 1.54) is 12.1 Å². The van der Waals surface area contributed by atoms with Gasteiger partial charge >= 0.3 is 0 Å². The van der Waals surface area contributed by atoms with Crippen LogP contribution in [0, 0.1) is 5.82 Å². The summed E-state index contributed by atoms with van der Waals surface area (Å²) in [5.41, 5.74) is 13.6. The van der Waals surface area contributed by atoms with Crippen LogP contribution >= 0.6 is 0 Å². The van der Waals surface area contributed by atoms with Gasteiger partial charge in [-0.25, -0.2) is 4.39 Å². The lowest BCUT2D eigenvalue weighted by Gasteiger charge is -1.95. The highest BCUT2D eigenvalue weighted by molar-refractivity contribution is 5.51. The lowest BCUT2D eigenvalue weighted by atomic mass is 10.3. The van der Waals surface area contributed by atoms with Gasteiger partial charge in [0.05, 0.1) is 5.69 Å². The number of hydrogen-bond donors (Lipinski definition) is 1. The first-order valence-electron chi connectivity index (χ1n) is 2.84. The van der Waals surface area contributed by atoms with Crippen LogP contribution < -0.4 is 5.73 Å². The van der Waals surface area contributed by atoms with Gasteiger partial charge < -0.3 is 5.73 Å². The molecule has 0 aliphatic heterocycles. The normalized spacial score (nSPS) is 8.82. The molecule has 0 bridgehead atoms. The highest BCUT2D eigenvalue weighted by Crippen LogP contribution is 2.20. The number of rotatable bonds is 1. The van der Waals surface area contributed by atoms with Gasteiger partial charge in [-0.3, -0.25) is 0 Å². The Bertz CT molecular complexity index is 316. The van der Waals surface area contributed by atoms with Crippen LogP contribution in [0.4, 0.5) is 15.8 Å². The fraction of sp³-hybridized carbons (Fsp3) is 0. The Labute approximate surface area is 62.1 Å². The monoisotopic (exact) mass is 152 g/mol. The minimum atomic E-state index is -0.572. The van der Waals surface area contributed by atoms with Crippen molar-refractivity contribution < 1.29 is 4.39 Å². The molecule has 0 saturated carbocycles. The second-order valence-electron chi connectivity index (χ2n) is 1.90. The van der Waals surface area contributed by atoms with Crippen LogP contribution in [0.5, 0.6) is 0 Å². The summed E-state index contributed by atoms with van der Waals surface area (Å²) in [7, 11) is 0. The quantitative estimate of drug-likeness (QED) is 0.285. The molecule has 0 aliphatic rings. The Morgan fingerprint density at radius 3 is 2.91 bits per heavy atom. The zero-order valence-corrected chi connectivity index (χ0v) is 5.53. The minimum Gasteiger partial charge on any atom is -0.399 e. The molecule has 11 heavy (non-hydrogen) atoms. The fourth-order valence-corrected chi connectivity index (χ4v) is 0.655. The van der Waals surface area contributed by atoms with Crippen molar-refractivity contribution in [2.75, 3.05) is 5.73 Å². The lowest BCUT2D eigenvalue weighted by molar-refractivity contribution is 0.630. The van der Waals surface area contributed by atoms with Crippen LogP contribution in [0.3, 0.4) is 0 Å². The summed E-state index contributed by atoms with van der Waals surface area (Å²) in [6.07, 6.45) is 0. The van der Waals surface area contributed by atoms with E-state index < -0.39 is 5.82 Å². The Morgan fingerprint density at radius 1 is 1.55 bits per heavy atom. The Morgan fingerprint density at radius 2 is 2.27 bits per heavy atom. The van der Waals surface area contributed by atoms with Crippen LogP contribution in [0.2, 0.25) is 0 Å². The van der Waals surface area contributed by atoms with Crippen molar-refractivity contribution in [2.45, 2.75) is 0 Å². The third-order valence-electron chi connectivity index (χ3n) is 1.12. The van der Waals surface area contributed by atoms with Crippen molar-refractivity contribution in [1.82, 2.24) is 0 Å². The molecule has 56 valence electrons. The molecule has 0 saturated heterocycles. The molecule has 2 N–H and O–H groups in total. The second-order valence-corrected chi connectivity index (χ2v) is 1.90. The first kappa shape index (κ1) is 7.37. The van der Waals surface area contributed by atoms with Crippen LogP contribution in [0.1, 0.15) is 0 Å². The first-order valence-corrected chi connectivity index (χ1v) is 2.84. The van der Waals surface area contributed by atoms with Gasteiger partial charge in [0.25, 0.3) is 0 Å². The number of halogens is 1. The van der Waals surface area contributed by atoms with E-state index in [0.29, 0.717) is 5.69 Å². The zero-order valence-electron chi connectivity index (χ0n) is 5.53. The van der Waals surface area contributed by atoms with Crippen molar-refractivity contribution in [3.05, 3.63) is 34.5 Å². The Hall–Kier alpha value is -1.74. The molecule has 0 heterocycles. The first-order chi connectivity index (χ1) is 5.24. The maximum atomic E-state index is 12.6. The second kappa shape index (κ2) is 2.90. The van der Waals surface area contributed by atoms with E-state index in [4.69, 9.17) is 11.3 Å². The molecule has 0 atom stereocenters. The van der Waals surface area contributed by atoms with Crippen molar-refractivity contribution in [3.8, 4) is 0 Å². The summed E-state index contributed by atoms with van der Waals surface area (Å²) in [6.45, 7) is 0. The van der Waals surface area contributed by atoms with E-state index in [0.717, 1.165) is 6.07 Å². The number of hydrogen-bond acceptors (Lipinski definition) is 2. The molecular formula is C6H5FN4. The molecule has 1 aromatic rings. The van der Waals surface area contributed by atoms with E-state index in [1.807, 2.05) is 0 Å². The van der Waals surface area contributed by atoms with E-state index in [2.05, 4.69) is 10.0 Å². The predicted octanol–water partition coefficient (Wildman–Crippen LogP) is 2.35. The maximum absolute atomic E-state index is 12.6. The molecule has 1 aromatic carbocycles. The van der Waals surface area contributed by atoms with E-state index in [1.54, 1.807) is 0 Å². The van der Waals surface area contributed by atoms with Gasteiger partial charge in [0, 0.05) is 10.6 Å². The molecule has 4 nitrogen and oxygen atoms in total.